The molecule has 6 nitrogen and oxygen atoms in total. The number of rotatable bonds is 3. The summed E-state index contributed by atoms with van der Waals surface area (Å²) in [4.78, 5) is 16.5. The van der Waals surface area contributed by atoms with Crippen LogP contribution in [0.2, 0.25) is 0 Å². The van der Waals surface area contributed by atoms with Crippen molar-refractivity contribution in [2.75, 3.05) is 38.2 Å². The third-order valence-corrected chi connectivity index (χ3v) is 4.22. The van der Waals surface area contributed by atoms with Crippen LogP contribution in [0.5, 0.6) is 17.2 Å². The highest BCUT2D eigenvalue weighted by Crippen LogP contribution is 2.29. The Morgan fingerprint density at radius 3 is 2.38 bits per heavy atom. The van der Waals surface area contributed by atoms with Crippen LogP contribution >= 0.6 is 0 Å². The summed E-state index contributed by atoms with van der Waals surface area (Å²) in [5.74, 6) is 0.159. The molecule has 0 aliphatic carbocycles. The van der Waals surface area contributed by atoms with Crippen molar-refractivity contribution >= 4 is 11.6 Å². The van der Waals surface area contributed by atoms with Crippen LogP contribution in [0.15, 0.2) is 42.5 Å². The first-order chi connectivity index (χ1) is 11.6. The summed E-state index contributed by atoms with van der Waals surface area (Å²) >= 11 is 0. The molecular formula is C18H20N2O4. The Bertz CT molecular complexity index is 740. The van der Waals surface area contributed by atoms with Gasteiger partial charge in [-0.2, -0.15) is 0 Å². The van der Waals surface area contributed by atoms with Gasteiger partial charge in [-0.05, 0) is 30.3 Å². The van der Waals surface area contributed by atoms with Crippen molar-refractivity contribution in [2.24, 2.45) is 0 Å². The second kappa shape index (κ2) is 6.70. The van der Waals surface area contributed by atoms with Gasteiger partial charge in [-0.1, -0.05) is 12.1 Å². The van der Waals surface area contributed by atoms with Gasteiger partial charge in [0.15, 0.2) is 11.5 Å². The van der Waals surface area contributed by atoms with Crippen molar-refractivity contribution in [3.05, 3.63) is 48.0 Å². The number of amides is 1. The first-order valence-corrected chi connectivity index (χ1v) is 7.79. The Morgan fingerprint density at radius 2 is 1.71 bits per heavy atom. The lowest BCUT2D eigenvalue weighted by Crippen LogP contribution is -2.48. The molecule has 1 heterocycles. The number of benzene rings is 2. The number of ether oxygens (including phenoxy) is 1. The summed E-state index contributed by atoms with van der Waals surface area (Å²) in [5, 5.41) is 18.9. The molecule has 1 aliphatic heterocycles. The molecule has 1 saturated heterocycles. The smallest absolute Gasteiger partial charge is 0.254 e. The maximum absolute atomic E-state index is 12.5. The Kier molecular flexibility index (Phi) is 4.46. The minimum absolute atomic E-state index is 0.148. The predicted molar refractivity (Wildman–Crippen MR) is 90.9 cm³/mol. The quantitative estimate of drug-likeness (QED) is 0.844. The molecule has 3 rings (SSSR count). The number of methoxy groups -OCH3 is 1. The molecule has 6 heteroatoms. The predicted octanol–water partition coefficient (Wildman–Crippen LogP) is 2.07. The van der Waals surface area contributed by atoms with Gasteiger partial charge in [-0.3, -0.25) is 4.79 Å². The highest BCUT2D eigenvalue weighted by Gasteiger charge is 2.24. The van der Waals surface area contributed by atoms with Crippen molar-refractivity contribution in [2.45, 2.75) is 0 Å². The number of carbonyl (C=O) groups is 1. The monoisotopic (exact) mass is 328 g/mol. The fourth-order valence-electron chi connectivity index (χ4n) is 2.88. The van der Waals surface area contributed by atoms with E-state index in [4.69, 9.17) is 4.74 Å². The maximum Gasteiger partial charge on any atom is 0.254 e. The minimum atomic E-state index is -0.284. The van der Waals surface area contributed by atoms with Gasteiger partial charge < -0.3 is 24.7 Å². The van der Waals surface area contributed by atoms with Crippen LogP contribution in [0.25, 0.3) is 0 Å². The standard InChI is InChI=1S/C18H20N2O4/c1-24-17-5-3-2-4-14(17)19-8-10-20(11-9-19)18(23)13-6-7-15(21)16(22)12-13/h2-7,12,21-22H,8-11H2,1H3. The fourth-order valence-corrected chi connectivity index (χ4v) is 2.88. The van der Waals surface area contributed by atoms with E-state index < -0.39 is 0 Å². The number of hydrogen-bond acceptors (Lipinski definition) is 5. The molecule has 0 spiro atoms. The van der Waals surface area contributed by atoms with E-state index in [2.05, 4.69) is 4.90 Å². The molecule has 0 unspecified atom stereocenters. The van der Waals surface area contributed by atoms with Crippen LogP contribution < -0.4 is 9.64 Å². The molecule has 1 fully saturated rings. The van der Waals surface area contributed by atoms with Gasteiger partial charge in [0.1, 0.15) is 5.75 Å². The van der Waals surface area contributed by atoms with Crippen LogP contribution in [-0.2, 0) is 0 Å². The molecule has 1 amide bonds. The zero-order valence-electron chi connectivity index (χ0n) is 13.5. The molecule has 0 atom stereocenters. The van der Waals surface area contributed by atoms with Crippen molar-refractivity contribution in [3.63, 3.8) is 0 Å². The average Bonchev–Trinajstić information content (AvgIpc) is 2.63. The SMILES string of the molecule is COc1ccccc1N1CCN(C(=O)c2ccc(O)c(O)c2)CC1. The molecule has 2 N–H and O–H groups in total. The van der Waals surface area contributed by atoms with Gasteiger partial charge in [0, 0.05) is 31.7 Å². The first-order valence-electron chi connectivity index (χ1n) is 7.79. The van der Waals surface area contributed by atoms with Crippen LogP contribution in [0.1, 0.15) is 10.4 Å². The van der Waals surface area contributed by atoms with E-state index in [1.165, 1.54) is 18.2 Å². The second-order valence-corrected chi connectivity index (χ2v) is 5.65. The minimum Gasteiger partial charge on any atom is -0.504 e. The van der Waals surface area contributed by atoms with Gasteiger partial charge in [0.05, 0.1) is 12.8 Å². The normalized spacial score (nSPS) is 14.5. The lowest BCUT2D eigenvalue weighted by atomic mass is 10.1. The Morgan fingerprint density at radius 1 is 1.00 bits per heavy atom. The highest BCUT2D eigenvalue weighted by molar-refractivity contribution is 5.95. The molecule has 1 aliphatic rings. The number of nitrogens with zero attached hydrogens (tertiary/aromatic N) is 2. The number of carbonyl (C=O) groups excluding carboxylic acids is 1. The average molecular weight is 328 g/mol. The number of phenols is 2. The topological polar surface area (TPSA) is 73.2 Å². The number of hydrogen-bond donors (Lipinski definition) is 2. The summed E-state index contributed by atoms with van der Waals surface area (Å²) in [7, 11) is 1.65. The zero-order valence-corrected chi connectivity index (χ0v) is 13.5. The van der Waals surface area contributed by atoms with Crippen molar-refractivity contribution in [3.8, 4) is 17.2 Å². The Labute approximate surface area is 140 Å². The molecule has 2 aromatic rings. The molecular weight excluding hydrogens is 308 g/mol. The number of aromatic hydroxyl groups is 2. The second-order valence-electron chi connectivity index (χ2n) is 5.65. The number of piperazine rings is 1. The summed E-state index contributed by atoms with van der Waals surface area (Å²) in [6.07, 6.45) is 0. The maximum atomic E-state index is 12.5. The van der Waals surface area contributed by atoms with Gasteiger partial charge >= 0.3 is 0 Å². The van der Waals surface area contributed by atoms with Crippen LogP contribution in [-0.4, -0.2) is 54.3 Å². The van der Waals surface area contributed by atoms with Gasteiger partial charge in [-0.15, -0.1) is 0 Å². The largest absolute Gasteiger partial charge is 0.504 e. The van der Waals surface area contributed by atoms with Crippen molar-refractivity contribution in [1.82, 2.24) is 4.90 Å². The van der Waals surface area contributed by atoms with Crippen LogP contribution in [0.3, 0.4) is 0 Å². The first kappa shape index (κ1) is 16.0. The van der Waals surface area contributed by atoms with Crippen LogP contribution in [0.4, 0.5) is 5.69 Å². The molecule has 2 aromatic carbocycles. The van der Waals surface area contributed by atoms with E-state index >= 15 is 0 Å². The van der Waals surface area contributed by atoms with E-state index in [0.717, 1.165) is 11.4 Å². The summed E-state index contributed by atoms with van der Waals surface area (Å²) in [5.41, 5.74) is 1.39. The van der Waals surface area contributed by atoms with Gasteiger partial charge in [0.2, 0.25) is 0 Å². The third-order valence-electron chi connectivity index (χ3n) is 4.22. The molecule has 24 heavy (non-hydrogen) atoms. The van der Waals surface area contributed by atoms with Gasteiger partial charge in [-0.25, -0.2) is 0 Å². The summed E-state index contributed by atoms with van der Waals surface area (Å²) < 4.78 is 5.39. The highest BCUT2D eigenvalue weighted by atomic mass is 16.5. The number of phenolic OH excluding ortho intramolecular Hbond substituents is 2. The van der Waals surface area contributed by atoms with E-state index in [1.54, 1.807) is 12.0 Å². The van der Waals surface area contributed by atoms with Gasteiger partial charge in [0.25, 0.3) is 5.91 Å². The molecule has 0 aromatic heterocycles. The van der Waals surface area contributed by atoms with Crippen molar-refractivity contribution < 1.29 is 19.7 Å². The number of para-hydroxylation sites is 2. The van der Waals surface area contributed by atoms with Crippen molar-refractivity contribution in [1.29, 1.82) is 0 Å². The third kappa shape index (κ3) is 3.08. The molecule has 126 valence electrons. The Balaban J connectivity index is 1.68. The Hall–Kier alpha value is -2.89. The molecule has 0 bridgehead atoms. The van der Waals surface area contributed by atoms with Crippen LogP contribution in [0, 0.1) is 0 Å². The van der Waals surface area contributed by atoms with E-state index in [9.17, 15) is 15.0 Å². The fraction of sp³-hybridized carbons (Fsp3) is 0.278. The van der Waals surface area contributed by atoms with E-state index in [-0.39, 0.29) is 17.4 Å². The molecule has 0 saturated carbocycles. The summed E-state index contributed by atoms with van der Waals surface area (Å²) in [6, 6.07) is 12.0. The lowest BCUT2D eigenvalue weighted by Gasteiger charge is -2.36. The van der Waals surface area contributed by atoms with E-state index in [1.807, 2.05) is 24.3 Å². The zero-order chi connectivity index (χ0) is 17.1. The number of anilines is 1. The molecule has 0 radical (unpaired) electrons. The summed E-state index contributed by atoms with van der Waals surface area (Å²) in [6.45, 7) is 2.57. The lowest BCUT2D eigenvalue weighted by molar-refractivity contribution is 0.0746. The van der Waals surface area contributed by atoms with E-state index in [0.29, 0.717) is 31.7 Å².